The molecule has 0 bridgehead atoms. The summed E-state index contributed by atoms with van der Waals surface area (Å²) in [6, 6.07) is 10.3. The maximum Gasteiger partial charge on any atom is 0.416 e. The fourth-order valence-corrected chi connectivity index (χ4v) is 4.63. The average molecular weight is 562 g/mol. The molecule has 0 radical (unpaired) electrons. The summed E-state index contributed by atoms with van der Waals surface area (Å²) in [4.78, 5) is 27.5. The molecule has 2 rings (SSSR count). The number of benzene rings is 2. The first-order chi connectivity index (χ1) is 17.1. The lowest BCUT2D eigenvalue weighted by molar-refractivity contribution is -0.139. The molecular formula is C25H31ClF3N3O4S. The van der Waals surface area contributed by atoms with Crippen LogP contribution in [0, 0.1) is 0 Å². The predicted molar refractivity (Wildman–Crippen MR) is 138 cm³/mol. The summed E-state index contributed by atoms with van der Waals surface area (Å²) in [6.45, 7) is 4.45. The molecule has 2 atom stereocenters. The van der Waals surface area contributed by atoms with Crippen LogP contribution in [0.3, 0.4) is 0 Å². The van der Waals surface area contributed by atoms with Crippen LogP contribution in [-0.2, 0) is 32.2 Å². The van der Waals surface area contributed by atoms with Gasteiger partial charge in [-0.3, -0.25) is 13.9 Å². The van der Waals surface area contributed by atoms with Gasteiger partial charge in [0.25, 0.3) is 0 Å². The second-order valence-electron chi connectivity index (χ2n) is 8.75. The van der Waals surface area contributed by atoms with Gasteiger partial charge in [0.2, 0.25) is 21.8 Å². The topological polar surface area (TPSA) is 86.8 Å². The quantitative estimate of drug-likeness (QED) is 0.438. The first kappa shape index (κ1) is 30.4. The molecule has 2 unspecified atom stereocenters. The first-order valence-corrected chi connectivity index (χ1v) is 13.9. The van der Waals surface area contributed by atoms with Crippen molar-refractivity contribution in [3.8, 4) is 0 Å². The van der Waals surface area contributed by atoms with Gasteiger partial charge in [-0.2, -0.15) is 13.2 Å². The van der Waals surface area contributed by atoms with Crippen LogP contribution in [0.4, 0.5) is 18.9 Å². The standard InChI is InChI=1S/C25H31ClF3N3O4S/c1-5-17(2)30-24(34)18(3)31(14-13-19-9-7-6-8-10-19)23(33)16-32(37(4,35)36)22-15-20(25(27,28)29)11-12-21(22)26/h6-12,15,17-18H,5,13-14,16H2,1-4H3,(H,30,34). The summed E-state index contributed by atoms with van der Waals surface area (Å²) < 4.78 is 65.7. The molecule has 37 heavy (non-hydrogen) atoms. The molecule has 2 amide bonds. The molecule has 0 aromatic heterocycles. The zero-order valence-electron chi connectivity index (χ0n) is 21.0. The molecular weight excluding hydrogens is 531 g/mol. The second-order valence-corrected chi connectivity index (χ2v) is 11.1. The summed E-state index contributed by atoms with van der Waals surface area (Å²) in [5.41, 5.74) is -0.710. The van der Waals surface area contributed by atoms with E-state index in [2.05, 4.69) is 5.32 Å². The van der Waals surface area contributed by atoms with Gasteiger partial charge in [0.15, 0.2) is 0 Å². The van der Waals surface area contributed by atoms with Crippen LogP contribution in [0.2, 0.25) is 5.02 Å². The molecule has 0 aliphatic carbocycles. The van der Waals surface area contributed by atoms with Gasteiger partial charge < -0.3 is 10.2 Å². The van der Waals surface area contributed by atoms with E-state index in [0.717, 1.165) is 24.0 Å². The predicted octanol–water partition coefficient (Wildman–Crippen LogP) is 4.50. The van der Waals surface area contributed by atoms with E-state index in [1.807, 2.05) is 44.2 Å². The number of sulfonamides is 1. The highest BCUT2D eigenvalue weighted by molar-refractivity contribution is 7.92. The van der Waals surface area contributed by atoms with Gasteiger partial charge >= 0.3 is 6.18 Å². The van der Waals surface area contributed by atoms with Crippen LogP contribution in [-0.4, -0.2) is 56.6 Å². The van der Waals surface area contributed by atoms with E-state index in [4.69, 9.17) is 11.6 Å². The van der Waals surface area contributed by atoms with Crippen LogP contribution in [0.1, 0.15) is 38.3 Å². The van der Waals surface area contributed by atoms with Crippen molar-refractivity contribution in [2.45, 2.75) is 51.9 Å². The minimum atomic E-state index is -4.75. The Kier molecular flexibility index (Phi) is 10.4. The van der Waals surface area contributed by atoms with Crippen molar-refractivity contribution in [3.63, 3.8) is 0 Å². The van der Waals surface area contributed by atoms with Crippen molar-refractivity contribution >= 4 is 39.1 Å². The monoisotopic (exact) mass is 561 g/mol. The Morgan fingerprint density at radius 2 is 1.70 bits per heavy atom. The Hall–Kier alpha value is -2.79. The Balaban J connectivity index is 2.42. The van der Waals surface area contributed by atoms with Crippen molar-refractivity contribution in [1.82, 2.24) is 10.2 Å². The highest BCUT2D eigenvalue weighted by Gasteiger charge is 2.34. The van der Waals surface area contributed by atoms with E-state index < -0.39 is 51.9 Å². The van der Waals surface area contributed by atoms with Crippen molar-refractivity contribution in [3.05, 3.63) is 64.7 Å². The Bertz CT molecular complexity index is 1190. The molecule has 7 nitrogen and oxygen atoms in total. The molecule has 2 aromatic rings. The summed E-state index contributed by atoms with van der Waals surface area (Å²) in [5, 5.41) is 2.53. The molecule has 12 heteroatoms. The SMILES string of the molecule is CCC(C)NC(=O)C(C)N(CCc1ccccc1)C(=O)CN(c1cc(C(F)(F)F)ccc1Cl)S(C)(=O)=O. The first-order valence-electron chi connectivity index (χ1n) is 11.6. The number of alkyl halides is 3. The number of carbonyl (C=O) groups excluding carboxylic acids is 2. The molecule has 0 fully saturated rings. The average Bonchev–Trinajstić information content (AvgIpc) is 2.82. The lowest BCUT2D eigenvalue weighted by Crippen LogP contribution is -2.53. The van der Waals surface area contributed by atoms with Gasteiger partial charge in [-0.25, -0.2) is 8.42 Å². The van der Waals surface area contributed by atoms with Crippen LogP contribution in [0.25, 0.3) is 0 Å². The van der Waals surface area contributed by atoms with E-state index in [0.29, 0.717) is 23.2 Å². The van der Waals surface area contributed by atoms with Crippen LogP contribution in [0.15, 0.2) is 48.5 Å². The number of hydrogen-bond acceptors (Lipinski definition) is 4. The van der Waals surface area contributed by atoms with E-state index in [-0.39, 0.29) is 17.6 Å². The maximum atomic E-state index is 13.5. The van der Waals surface area contributed by atoms with Gasteiger partial charge in [-0.1, -0.05) is 48.9 Å². The normalized spacial score (nSPS) is 13.5. The molecule has 0 spiro atoms. The fraction of sp³-hybridized carbons (Fsp3) is 0.440. The minimum absolute atomic E-state index is 0.0753. The summed E-state index contributed by atoms with van der Waals surface area (Å²) in [7, 11) is -4.23. The highest BCUT2D eigenvalue weighted by Crippen LogP contribution is 2.36. The fourth-order valence-electron chi connectivity index (χ4n) is 3.51. The number of hydrogen-bond donors (Lipinski definition) is 1. The van der Waals surface area contributed by atoms with Gasteiger partial charge in [-0.15, -0.1) is 0 Å². The Morgan fingerprint density at radius 3 is 2.24 bits per heavy atom. The van der Waals surface area contributed by atoms with E-state index in [1.165, 1.54) is 11.8 Å². The van der Waals surface area contributed by atoms with E-state index in [9.17, 15) is 31.2 Å². The maximum absolute atomic E-state index is 13.5. The van der Waals surface area contributed by atoms with Crippen LogP contribution >= 0.6 is 11.6 Å². The third-order valence-corrected chi connectivity index (χ3v) is 7.32. The second kappa shape index (κ2) is 12.6. The molecule has 0 aliphatic rings. The summed E-state index contributed by atoms with van der Waals surface area (Å²) in [5.74, 6) is -1.19. The van der Waals surface area contributed by atoms with E-state index >= 15 is 0 Å². The number of amides is 2. The Morgan fingerprint density at radius 1 is 1.08 bits per heavy atom. The molecule has 2 aromatic carbocycles. The van der Waals surface area contributed by atoms with Crippen molar-refractivity contribution in [2.75, 3.05) is 23.7 Å². The number of nitrogens with zero attached hydrogens (tertiary/aromatic N) is 2. The molecule has 0 saturated heterocycles. The number of rotatable bonds is 11. The smallest absolute Gasteiger partial charge is 0.352 e. The molecule has 1 N–H and O–H groups in total. The zero-order valence-corrected chi connectivity index (χ0v) is 22.6. The summed E-state index contributed by atoms with van der Waals surface area (Å²) >= 11 is 6.08. The zero-order chi connectivity index (χ0) is 28.0. The lowest BCUT2D eigenvalue weighted by atomic mass is 10.1. The van der Waals surface area contributed by atoms with Gasteiger partial charge in [0.05, 0.1) is 22.5 Å². The molecule has 0 heterocycles. The van der Waals surface area contributed by atoms with Gasteiger partial charge in [-0.05, 0) is 50.5 Å². The summed E-state index contributed by atoms with van der Waals surface area (Å²) in [6.07, 6.45) is -2.95. The Labute approximate surface area is 220 Å². The highest BCUT2D eigenvalue weighted by atomic mass is 35.5. The third kappa shape index (κ3) is 8.63. The number of halogens is 4. The number of nitrogens with one attached hydrogen (secondary N) is 1. The van der Waals surface area contributed by atoms with Crippen molar-refractivity contribution in [1.29, 1.82) is 0 Å². The van der Waals surface area contributed by atoms with Crippen LogP contribution < -0.4 is 9.62 Å². The number of anilines is 1. The van der Waals surface area contributed by atoms with Gasteiger partial charge in [0.1, 0.15) is 12.6 Å². The number of carbonyl (C=O) groups is 2. The lowest BCUT2D eigenvalue weighted by Gasteiger charge is -2.32. The van der Waals surface area contributed by atoms with Crippen LogP contribution in [0.5, 0.6) is 0 Å². The molecule has 204 valence electrons. The van der Waals surface area contributed by atoms with Gasteiger partial charge in [0, 0.05) is 12.6 Å². The molecule has 0 saturated carbocycles. The van der Waals surface area contributed by atoms with Crippen molar-refractivity contribution < 1.29 is 31.2 Å². The molecule has 0 aliphatic heterocycles. The van der Waals surface area contributed by atoms with Crippen molar-refractivity contribution in [2.24, 2.45) is 0 Å². The third-order valence-electron chi connectivity index (χ3n) is 5.87. The largest absolute Gasteiger partial charge is 0.416 e. The van der Waals surface area contributed by atoms with E-state index in [1.54, 1.807) is 0 Å². The minimum Gasteiger partial charge on any atom is -0.352 e.